The minimum atomic E-state index is 0.421. The van der Waals surface area contributed by atoms with Gasteiger partial charge in [-0.1, -0.05) is 12.1 Å². The number of ether oxygens (including phenoxy) is 1. The molecular weight excluding hydrogens is 312 g/mol. The molecule has 0 amide bonds. The van der Waals surface area contributed by atoms with E-state index in [0.29, 0.717) is 6.10 Å². The Morgan fingerprint density at radius 1 is 1.24 bits per heavy atom. The summed E-state index contributed by atoms with van der Waals surface area (Å²) < 4.78 is 5.73. The number of hydrogen-bond donors (Lipinski definition) is 1. The Hall–Kier alpha value is -1.75. The second-order valence-corrected chi connectivity index (χ2v) is 6.78. The highest BCUT2D eigenvalue weighted by molar-refractivity contribution is 5.79. The first kappa shape index (κ1) is 19.6. The molecule has 2 rings (SSSR count). The SMILES string of the molecule is CCOC1CCN(C(=NC)NCCCc2ccc(N(C)C)cc2)CC1. The number of aryl methyl sites for hydroxylation is 1. The number of piperidine rings is 1. The van der Waals surface area contributed by atoms with Crippen molar-refractivity contribution in [2.75, 3.05) is 52.3 Å². The van der Waals surface area contributed by atoms with Gasteiger partial charge in [0.1, 0.15) is 0 Å². The summed E-state index contributed by atoms with van der Waals surface area (Å²) in [5, 5.41) is 3.51. The average molecular weight is 347 g/mol. The maximum Gasteiger partial charge on any atom is 0.193 e. The van der Waals surface area contributed by atoms with Crippen molar-refractivity contribution in [3.63, 3.8) is 0 Å². The maximum absolute atomic E-state index is 5.73. The highest BCUT2D eigenvalue weighted by Crippen LogP contribution is 2.14. The fourth-order valence-electron chi connectivity index (χ4n) is 3.26. The van der Waals surface area contributed by atoms with Crippen LogP contribution in [0.5, 0.6) is 0 Å². The molecule has 0 radical (unpaired) electrons. The molecule has 1 heterocycles. The number of nitrogens with one attached hydrogen (secondary N) is 1. The van der Waals surface area contributed by atoms with Crippen LogP contribution in [0.25, 0.3) is 0 Å². The lowest BCUT2D eigenvalue weighted by Crippen LogP contribution is -2.47. The van der Waals surface area contributed by atoms with E-state index in [9.17, 15) is 0 Å². The molecule has 140 valence electrons. The van der Waals surface area contributed by atoms with Crippen LogP contribution in [0.1, 0.15) is 31.7 Å². The van der Waals surface area contributed by atoms with Gasteiger partial charge in [-0.15, -0.1) is 0 Å². The summed E-state index contributed by atoms with van der Waals surface area (Å²) in [6.45, 7) is 5.88. The largest absolute Gasteiger partial charge is 0.378 e. The third kappa shape index (κ3) is 6.24. The van der Waals surface area contributed by atoms with Gasteiger partial charge in [-0.05, 0) is 50.3 Å². The number of aliphatic imine (C=N–C) groups is 1. The van der Waals surface area contributed by atoms with Crippen molar-refractivity contribution in [3.05, 3.63) is 29.8 Å². The zero-order valence-electron chi connectivity index (χ0n) is 16.3. The Kier molecular flexibility index (Phi) is 8.06. The Bertz CT molecular complexity index is 519. The zero-order chi connectivity index (χ0) is 18.1. The summed E-state index contributed by atoms with van der Waals surface area (Å²) in [7, 11) is 6.01. The van der Waals surface area contributed by atoms with Gasteiger partial charge in [-0.25, -0.2) is 0 Å². The van der Waals surface area contributed by atoms with Gasteiger partial charge in [0.2, 0.25) is 0 Å². The lowest BCUT2D eigenvalue weighted by atomic mass is 10.1. The third-order valence-electron chi connectivity index (χ3n) is 4.73. The van der Waals surface area contributed by atoms with E-state index in [1.807, 2.05) is 7.05 Å². The van der Waals surface area contributed by atoms with Crippen molar-refractivity contribution in [2.45, 2.75) is 38.7 Å². The molecule has 0 aliphatic carbocycles. The molecule has 1 saturated heterocycles. The van der Waals surface area contributed by atoms with Crippen LogP contribution in [-0.4, -0.2) is 64.3 Å². The molecule has 0 unspecified atom stereocenters. The Labute approximate surface area is 153 Å². The molecule has 1 aliphatic heterocycles. The van der Waals surface area contributed by atoms with Gasteiger partial charge in [-0.2, -0.15) is 0 Å². The monoisotopic (exact) mass is 346 g/mol. The molecule has 5 heteroatoms. The van der Waals surface area contributed by atoms with Crippen LogP contribution in [0.2, 0.25) is 0 Å². The predicted molar refractivity (Wildman–Crippen MR) is 107 cm³/mol. The van der Waals surface area contributed by atoms with Gasteiger partial charge in [0.25, 0.3) is 0 Å². The normalized spacial score (nSPS) is 16.2. The fourth-order valence-corrected chi connectivity index (χ4v) is 3.26. The molecule has 0 bridgehead atoms. The lowest BCUT2D eigenvalue weighted by Gasteiger charge is -2.34. The van der Waals surface area contributed by atoms with Gasteiger partial charge in [0.15, 0.2) is 5.96 Å². The minimum absolute atomic E-state index is 0.421. The molecule has 0 saturated carbocycles. The predicted octanol–water partition coefficient (Wildman–Crippen LogP) is 2.76. The van der Waals surface area contributed by atoms with E-state index < -0.39 is 0 Å². The number of anilines is 1. The van der Waals surface area contributed by atoms with Crippen LogP contribution in [0.3, 0.4) is 0 Å². The van der Waals surface area contributed by atoms with E-state index in [1.54, 1.807) is 0 Å². The fraction of sp³-hybridized carbons (Fsp3) is 0.650. The van der Waals surface area contributed by atoms with Crippen molar-refractivity contribution in [3.8, 4) is 0 Å². The second kappa shape index (κ2) is 10.3. The van der Waals surface area contributed by atoms with Crippen LogP contribution in [0, 0.1) is 0 Å². The summed E-state index contributed by atoms with van der Waals surface area (Å²) in [4.78, 5) is 8.92. The van der Waals surface area contributed by atoms with Gasteiger partial charge in [-0.3, -0.25) is 4.99 Å². The van der Waals surface area contributed by atoms with Gasteiger partial charge in [0.05, 0.1) is 6.10 Å². The number of nitrogens with zero attached hydrogens (tertiary/aromatic N) is 3. The van der Waals surface area contributed by atoms with Gasteiger partial charge >= 0.3 is 0 Å². The van der Waals surface area contributed by atoms with Crippen molar-refractivity contribution in [2.24, 2.45) is 4.99 Å². The first-order chi connectivity index (χ1) is 12.1. The van der Waals surface area contributed by atoms with Crippen LogP contribution in [-0.2, 0) is 11.2 Å². The molecule has 1 aliphatic rings. The van der Waals surface area contributed by atoms with Crippen molar-refractivity contribution >= 4 is 11.6 Å². The molecule has 1 N–H and O–H groups in total. The second-order valence-electron chi connectivity index (χ2n) is 6.78. The van der Waals surface area contributed by atoms with E-state index >= 15 is 0 Å². The molecule has 25 heavy (non-hydrogen) atoms. The number of rotatable bonds is 7. The van der Waals surface area contributed by atoms with E-state index in [-0.39, 0.29) is 0 Å². The summed E-state index contributed by atoms with van der Waals surface area (Å²) in [6.07, 6.45) is 4.80. The van der Waals surface area contributed by atoms with Crippen LogP contribution in [0.15, 0.2) is 29.3 Å². The van der Waals surface area contributed by atoms with Crippen molar-refractivity contribution in [1.82, 2.24) is 10.2 Å². The van der Waals surface area contributed by atoms with Crippen LogP contribution < -0.4 is 10.2 Å². The molecule has 1 aromatic carbocycles. The Morgan fingerprint density at radius 3 is 2.48 bits per heavy atom. The molecular formula is C20H34N4O. The summed E-state index contributed by atoms with van der Waals surface area (Å²) >= 11 is 0. The molecule has 1 fully saturated rings. The summed E-state index contributed by atoms with van der Waals surface area (Å²) in [6, 6.07) is 8.82. The third-order valence-corrected chi connectivity index (χ3v) is 4.73. The first-order valence-electron chi connectivity index (χ1n) is 9.47. The molecule has 0 aromatic heterocycles. The van der Waals surface area contributed by atoms with Crippen molar-refractivity contribution < 1.29 is 4.74 Å². The quantitative estimate of drug-likeness (QED) is 0.468. The summed E-state index contributed by atoms with van der Waals surface area (Å²) in [5.41, 5.74) is 2.64. The zero-order valence-corrected chi connectivity index (χ0v) is 16.3. The first-order valence-corrected chi connectivity index (χ1v) is 9.47. The van der Waals surface area contributed by atoms with Crippen LogP contribution in [0.4, 0.5) is 5.69 Å². The van der Waals surface area contributed by atoms with Gasteiger partial charge in [0, 0.05) is 53.1 Å². The lowest BCUT2D eigenvalue weighted by molar-refractivity contribution is 0.0264. The number of hydrogen-bond acceptors (Lipinski definition) is 3. The topological polar surface area (TPSA) is 40.1 Å². The van der Waals surface area contributed by atoms with Crippen molar-refractivity contribution in [1.29, 1.82) is 0 Å². The average Bonchev–Trinajstić information content (AvgIpc) is 2.63. The minimum Gasteiger partial charge on any atom is -0.378 e. The standard InChI is InChI=1S/C20H34N4O/c1-5-25-19-12-15-24(16-13-19)20(21-2)22-14-6-7-17-8-10-18(11-9-17)23(3)4/h8-11,19H,5-7,12-16H2,1-4H3,(H,21,22). The maximum atomic E-state index is 5.73. The number of benzene rings is 1. The summed E-state index contributed by atoms with van der Waals surface area (Å²) in [5.74, 6) is 1.03. The van der Waals surface area contributed by atoms with Crippen LogP contribution >= 0.6 is 0 Å². The van der Waals surface area contributed by atoms with Gasteiger partial charge < -0.3 is 19.9 Å². The molecule has 5 nitrogen and oxygen atoms in total. The Balaban J connectivity index is 1.69. The van der Waals surface area contributed by atoms with E-state index in [0.717, 1.165) is 57.9 Å². The molecule has 1 aromatic rings. The number of likely N-dealkylation sites (tertiary alicyclic amines) is 1. The van der Waals surface area contributed by atoms with E-state index in [2.05, 4.69) is 65.4 Å². The molecule has 0 atom stereocenters. The smallest absolute Gasteiger partial charge is 0.193 e. The van der Waals surface area contributed by atoms with E-state index in [4.69, 9.17) is 4.74 Å². The van der Waals surface area contributed by atoms with E-state index in [1.165, 1.54) is 11.3 Å². The number of guanidine groups is 1. The molecule has 0 spiro atoms. The Morgan fingerprint density at radius 2 is 1.92 bits per heavy atom. The highest BCUT2D eigenvalue weighted by atomic mass is 16.5. The highest BCUT2D eigenvalue weighted by Gasteiger charge is 2.21.